The van der Waals surface area contributed by atoms with E-state index in [1.807, 2.05) is 66.7 Å². The minimum absolute atomic E-state index is 0.673. The van der Waals surface area contributed by atoms with Gasteiger partial charge in [-0.25, -0.2) is 44.9 Å². The van der Waals surface area contributed by atoms with Crippen LogP contribution in [0.4, 0.5) is 0 Å². The van der Waals surface area contributed by atoms with E-state index >= 15 is 0 Å². The molecule has 12 heteroatoms. The second-order valence-corrected chi connectivity index (χ2v) is 36.6. The van der Waals surface area contributed by atoms with Crippen molar-refractivity contribution in [1.82, 2.24) is 58.6 Å². The zero-order valence-electron chi connectivity index (χ0n) is 78.4. The predicted molar refractivity (Wildman–Crippen MR) is 591 cm³/mol. The van der Waals surface area contributed by atoms with E-state index in [2.05, 4.69) is 457 Å². The highest BCUT2D eigenvalue weighted by molar-refractivity contribution is 6.08. The molecule has 676 valence electrons. The molecule has 0 saturated heterocycles. The third-order valence-electron chi connectivity index (χ3n) is 27.9. The van der Waals surface area contributed by atoms with Crippen LogP contribution in [-0.2, 0) is 0 Å². The number of aromatic nitrogens is 12. The van der Waals surface area contributed by atoms with Crippen molar-refractivity contribution in [2.24, 2.45) is 0 Å². The fraction of sp³-hybridized carbons (Fsp3) is 0. The molecule has 0 N–H and O–H groups in total. The summed E-state index contributed by atoms with van der Waals surface area (Å²) in [5.74, 6) is 4.71. The molecular formula is C133H84N12. The fourth-order valence-corrected chi connectivity index (χ4v) is 21.1. The molecule has 0 unspecified atom stereocenters. The van der Waals surface area contributed by atoms with Gasteiger partial charge in [0.1, 0.15) is 17.5 Å². The molecule has 0 radical (unpaired) electrons. The van der Waals surface area contributed by atoms with Gasteiger partial charge in [-0.2, -0.15) is 0 Å². The van der Waals surface area contributed by atoms with Crippen LogP contribution in [0.5, 0.6) is 0 Å². The zero-order chi connectivity index (χ0) is 95.8. The summed E-state index contributed by atoms with van der Waals surface area (Å²) < 4.78 is 7.00. The molecule has 0 spiro atoms. The summed E-state index contributed by atoms with van der Waals surface area (Å²) >= 11 is 0. The molecule has 0 atom stereocenters. The van der Waals surface area contributed by atoms with Crippen LogP contribution >= 0.6 is 0 Å². The van der Waals surface area contributed by atoms with Crippen LogP contribution in [0.1, 0.15) is 0 Å². The summed E-state index contributed by atoms with van der Waals surface area (Å²) in [6, 6.07) is 178. The van der Waals surface area contributed by atoms with Crippen molar-refractivity contribution in [2.45, 2.75) is 0 Å². The Kier molecular flexibility index (Phi) is 21.0. The maximum Gasteiger partial charge on any atom is 0.160 e. The second kappa shape index (κ2) is 35.9. The molecule has 0 aliphatic carbocycles. The minimum Gasteiger partial charge on any atom is -0.291 e. The smallest absolute Gasteiger partial charge is 0.160 e. The lowest BCUT2D eigenvalue weighted by Crippen LogP contribution is -2.00. The molecule has 9 heterocycles. The Hall–Kier alpha value is -19.7. The Bertz CT molecular complexity index is 9490. The lowest BCUT2D eigenvalue weighted by molar-refractivity contribution is 1.11. The van der Waals surface area contributed by atoms with E-state index in [9.17, 15) is 0 Å². The molecule has 0 bridgehead atoms. The van der Waals surface area contributed by atoms with Crippen LogP contribution in [0, 0.1) is 0 Å². The number of para-hydroxylation sites is 6. The first kappa shape index (κ1) is 84.6. The SMILES string of the molecule is c1ccc(-c2cc(-c3ccc4ccccc4c3)nc(-c3cccc(-c4nc5cccc6c5n4-c4ccccc4-c4ccccc4-6)c3)n2)cc1.c1ccc(-c2cc(-c3ccccc3)nc(-c3cccc(-c4nc5cccc6c5n4-c4ccccc4-c4ccccc4-6)c3)n2)cc1.c1ccc(-c2ccc(-c3cc(-c4ccccc4)nc(-c4ccc(-c5nc6cccc7c6n5-c5ccccc5-c5ccccc5-7)cc4)n3)cc2)cc1. The lowest BCUT2D eigenvalue weighted by atomic mass is 9.94. The van der Waals surface area contributed by atoms with Crippen LogP contribution < -0.4 is 0 Å². The largest absolute Gasteiger partial charge is 0.291 e. The van der Waals surface area contributed by atoms with Crippen molar-refractivity contribution in [3.8, 4) is 231 Å². The van der Waals surface area contributed by atoms with Crippen molar-refractivity contribution in [2.75, 3.05) is 0 Å². The Morgan fingerprint density at radius 1 is 0.124 bits per heavy atom. The van der Waals surface area contributed by atoms with Crippen molar-refractivity contribution in [3.63, 3.8) is 0 Å². The van der Waals surface area contributed by atoms with Crippen molar-refractivity contribution >= 4 is 43.9 Å². The zero-order valence-corrected chi connectivity index (χ0v) is 78.4. The van der Waals surface area contributed by atoms with Crippen molar-refractivity contribution < 1.29 is 0 Å². The summed E-state index contributed by atoms with van der Waals surface area (Å²) in [7, 11) is 0. The molecule has 3 aliphatic rings. The lowest BCUT2D eigenvalue weighted by Gasteiger charge is -2.14. The maximum absolute atomic E-state index is 5.28. The highest BCUT2D eigenvalue weighted by atomic mass is 15.1. The average molecular weight is 1850 g/mol. The van der Waals surface area contributed by atoms with Gasteiger partial charge in [0, 0.05) is 100 Å². The first-order chi connectivity index (χ1) is 71.9. The Labute approximate surface area is 837 Å². The molecule has 0 saturated carbocycles. The van der Waals surface area contributed by atoms with E-state index in [0.29, 0.717) is 17.5 Å². The van der Waals surface area contributed by atoms with Crippen LogP contribution in [0.2, 0.25) is 0 Å². The Morgan fingerprint density at radius 3 is 0.731 bits per heavy atom. The molecule has 6 aromatic heterocycles. The van der Waals surface area contributed by atoms with Gasteiger partial charge in [0.25, 0.3) is 0 Å². The monoisotopic (exact) mass is 1850 g/mol. The molecule has 0 fully saturated rings. The van der Waals surface area contributed by atoms with E-state index < -0.39 is 0 Å². The molecule has 12 nitrogen and oxygen atoms in total. The predicted octanol–water partition coefficient (Wildman–Crippen LogP) is 33.2. The van der Waals surface area contributed by atoms with Gasteiger partial charge in [-0.05, 0) is 128 Å². The van der Waals surface area contributed by atoms with Gasteiger partial charge < -0.3 is 0 Å². The van der Waals surface area contributed by atoms with Gasteiger partial charge >= 0.3 is 0 Å². The Morgan fingerprint density at radius 2 is 0.359 bits per heavy atom. The first-order valence-corrected chi connectivity index (χ1v) is 48.9. The number of hydrogen-bond donors (Lipinski definition) is 0. The highest BCUT2D eigenvalue weighted by Crippen LogP contribution is 2.51. The number of benzene rings is 20. The standard InChI is InChI=1S/C47H30N4.C45H28N4.C41H26N4/c1-3-12-31(13-4-1)32-22-24-34(25-23-32)43-30-42(33-14-5-2-6-15-33)48-46(49-43)35-26-28-36(29-27-35)47-50-41-20-11-19-40-38-17-8-7-16-37(38)39-18-9-10-21-44(39)51(47)45(40)41;1-2-13-30(14-3-1)40-28-41(32-25-24-29-12-4-5-15-31(29)26-32)47-44(46-40)33-16-10-17-34(27-33)45-48-39-22-11-21-38-36-19-7-6-18-35(36)37-20-8-9-23-42(37)49(45)43(38)39;1-3-13-27(14-4-1)36-26-37(28-15-5-2-6-16-28)43-40(42-36)29-17-11-18-30(25-29)41-44-35-23-12-22-34-32-20-8-7-19-31(32)33-21-9-10-24-38(33)45(41)39(34)35/h1-30H;1-28H;1-26H. The van der Waals surface area contributed by atoms with Gasteiger partial charge in [0.05, 0.1) is 84.3 Å². The topological polar surface area (TPSA) is 131 Å². The molecule has 145 heavy (non-hydrogen) atoms. The molecular weight excluding hydrogens is 1770 g/mol. The molecule has 0 amide bonds. The minimum atomic E-state index is 0.673. The van der Waals surface area contributed by atoms with Crippen LogP contribution in [-0.4, -0.2) is 58.6 Å². The highest BCUT2D eigenvalue weighted by Gasteiger charge is 2.31. The van der Waals surface area contributed by atoms with E-state index in [-0.39, 0.29) is 0 Å². The maximum atomic E-state index is 5.28. The van der Waals surface area contributed by atoms with Crippen LogP contribution in [0.15, 0.2) is 510 Å². The Balaban J connectivity index is 0.000000108. The summed E-state index contributed by atoms with van der Waals surface area (Å²) in [5, 5.41) is 2.39. The van der Waals surface area contributed by atoms with Crippen molar-refractivity contribution in [3.05, 3.63) is 510 Å². The van der Waals surface area contributed by atoms with Gasteiger partial charge in [-0.3, -0.25) is 13.7 Å². The summed E-state index contributed by atoms with van der Waals surface area (Å²) in [6.45, 7) is 0. The number of fused-ring (bicyclic) bond motifs is 16. The molecule has 26 aromatic rings. The van der Waals surface area contributed by atoms with Gasteiger partial charge in [0.15, 0.2) is 17.5 Å². The summed E-state index contributed by atoms with van der Waals surface area (Å²) in [6.07, 6.45) is 0. The number of nitrogens with zero attached hydrogens (tertiary/aromatic N) is 12. The number of rotatable bonds is 13. The fourth-order valence-electron chi connectivity index (χ4n) is 21.1. The summed E-state index contributed by atoms with van der Waals surface area (Å²) in [4.78, 5) is 46.5. The quantitative estimate of drug-likeness (QED) is 0.111. The summed E-state index contributed by atoms with van der Waals surface area (Å²) in [5.41, 5.74) is 43.9. The normalized spacial score (nSPS) is 11.6. The third-order valence-corrected chi connectivity index (χ3v) is 27.9. The van der Waals surface area contributed by atoms with E-state index in [4.69, 9.17) is 44.9 Å². The molecule has 3 aliphatic heterocycles. The third kappa shape index (κ3) is 15.3. The first-order valence-electron chi connectivity index (χ1n) is 48.9. The number of imidazole rings is 3. The molecule has 20 aromatic carbocycles. The van der Waals surface area contributed by atoms with Crippen LogP contribution in [0.3, 0.4) is 0 Å². The van der Waals surface area contributed by atoms with E-state index in [1.165, 1.54) is 88.7 Å². The number of hydrogen-bond acceptors (Lipinski definition) is 9. The van der Waals surface area contributed by atoms with Gasteiger partial charge in [-0.15, -0.1) is 0 Å². The second-order valence-electron chi connectivity index (χ2n) is 36.6. The van der Waals surface area contributed by atoms with Crippen LogP contribution in [0.25, 0.3) is 275 Å². The van der Waals surface area contributed by atoms with Gasteiger partial charge in [0.2, 0.25) is 0 Å². The molecule has 29 rings (SSSR count). The van der Waals surface area contributed by atoms with Gasteiger partial charge in [-0.1, -0.05) is 437 Å². The van der Waals surface area contributed by atoms with Crippen molar-refractivity contribution in [1.29, 1.82) is 0 Å². The van der Waals surface area contributed by atoms with E-state index in [1.54, 1.807) is 0 Å². The average Bonchev–Trinajstić information content (AvgIpc) is 1.58. The van der Waals surface area contributed by atoms with E-state index in [0.717, 1.165) is 169 Å².